The molecule has 1 aromatic carbocycles. The van der Waals surface area contributed by atoms with Crippen LogP contribution < -0.4 is 15.6 Å². The smallest absolute Gasteiger partial charge is 0.253 e. The minimum absolute atomic E-state index is 0.0700. The van der Waals surface area contributed by atoms with Gasteiger partial charge in [0.2, 0.25) is 5.56 Å². The van der Waals surface area contributed by atoms with Crippen LogP contribution in [-0.2, 0) is 0 Å². The van der Waals surface area contributed by atoms with Crippen LogP contribution in [0.5, 0.6) is 5.75 Å². The molecule has 2 heterocycles. The molecular weight excluding hydrogens is 256 g/mol. The van der Waals surface area contributed by atoms with Gasteiger partial charge in [0.25, 0.3) is 5.91 Å². The lowest BCUT2D eigenvalue weighted by atomic mass is 10.0. The van der Waals surface area contributed by atoms with Crippen molar-refractivity contribution < 1.29 is 9.53 Å². The highest BCUT2D eigenvalue weighted by molar-refractivity contribution is 5.94. The molecule has 1 aliphatic heterocycles. The number of benzene rings is 1. The van der Waals surface area contributed by atoms with Crippen LogP contribution in [-0.4, -0.2) is 17.5 Å². The highest BCUT2D eigenvalue weighted by atomic mass is 16.5. The van der Waals surface area contributed by atoms with E-state index < -0.39 is 0 Å². The Hall–Kier alpha value is -2.56. The van der Waals surface area contributed by atoms with Crippen molar-refractivity contribution in [3.63, 3.8) is 0 Å². The van der Waals surface area contributed by atoms with Gasteiger partial charge in [0.05, 0.1) is 18.2 Å². The van der Waals surface area contributed by atoms with Crippen LogP contribution in [0.25, 0.3) is 0 Å². The van der Waals surface area contributed by atoms with Crippen molar-refractivity contribution in [2.24, 2.45) is 0 Å². The summed E-state index contributed by atoms with van der Waals surface area (Å²) in [7, 11) is 0. The number of rotatable bonds is 2. The largest absolute Gasteiger partial charge is 0.493 e. The van der Waals surface area contributed by atoms with Crippen LogP contribution >= 0.6 is 0 Å². The number of aromatic nitrogens is 1. The zero-order valence-electron chi connectivity index (χ0n) is 10.8. The minimum Gasteiger partial charge on any atom is -0.493 e. The van der Waals surface area contributed by atoms with Gasteiger partial charge in [0.15, 0.2) is 0 Å². The quantitative estimate of drug-likeness (QED) is 0.871. The molecule has 0 radical (unpaired) electrons. The Labute approximate surface area is 115 Å². The monoisotopic (exact) mass is 270 g/mol. The molecule has 5 heteroatoms. The zero-order valence-corrected chi connectivity index (χ0v) is 10.8. The van der Waals surface area contributed by atoms with Gasteiger partial charge >= 0.3 is 0 Å². The second-order valence-corrected chi connectivity index (χ2v) is 4.64. The average molecular weight is 270 g/mol. The van der Waals surface area contributed by atoms with Gasteiger partial charge < -0.3 is 15.0 Å². The normalized spacial score (nSPS) is 16.9. The maximum atomic E-state index is 12.2. The third-order valence-electron chi connectivity index (χ3n) is 3.31. The van der Waals surface area contributed by atoms with Gasteiger partial charge in [-0.15, -0.1) is 0 Å². The molecule has 1 atom stereocenters. The first kappa shape index (κ1) is 12.5. The Morgan fingerprint density at radius 2 is 2.10 bits per heavy atom. The predicted molar refractivity (Wildman–Crippen MR) is 73.8 cm³/mol. The van der Waals surface area contributed by atoms with Gasteiger partial charge in [-0.3, -0.25) is 9.59 Å². The van der Waals surface area contributed by atoms with Crippen LogP contribution in [0.15, 0.2) is 47.4 Å². The number of aromatic amines is 1. The van der Waals surface area contributed by atoms with Crippen molar-refractivity contribution in [3.05, 3.63) is 64.1 Å². The molecule has 0 bridgehead atoms. The number of amides is 1. The Kier molecular flexibility index (Phi) is 3.25. The lowest BCUT2D eigenvalue weighted by molar-refractivity contribution is 0.0924. The van der Waals surface area contributed by atoms with Crippen molar-refractivity contribution in [2.45, 2.75) is 12.5 Å². The van der Waals surface area contributed by atoms with Crippen LogP contribution in [0.1, 0.15) is 28.4 Å². The molecule has 0 saturated carbocycles. The molecule has 5 nitrogen and oxygen atoms in total. The van der Waals surface area contributed by atoms with E-state index in [1.54, 1.807) is 0 Å². The van der Waals surface area contributed by atoms with Gasteiger partial charge in [0.1, 0.15) is 5.75 Å². The molecule has 0 unspecified atom stereocenters. The van der Waals surface area contributed by atoms with Crippen molar-refractivity contribution >= 4 is 5.91 Å². The Morgan fingerprint density at radius 3 is 2.90 bits per heavy atom. The SMILES string of the molecule is O=C(N[C@@H]1CCOc2ccccc21)c1ccc(=O)[nH]c1. The summed E-state index contributed by atoms with van der Waals surface area (Å²) in [6.07, 6.45) is 2.15. The number of H-pyrrole nitrogens is 1. The first-order valence-corrected chi connectivity index (χ1v) is 6.45. The fourth-order valence-electron chi connectivity index (χ4n) is 2.29. The van der Waals surface area contributed by atoms with E-state index in [4.69, 9.17) is 4.74 Å². The highest BCUT2D eigenvalue weighted by Crippen LogP contribution is 2.31. The fraction of sp³-hybridized carbons (Fsp3) is 0.200. The van der Waals surface area contributed by atoms with Gasteiger partial charge in [-0.1, -0.05) is 18.2 Å². The summed E-state index contributed by atoms with van der Waals surface area (Å²) in [5, 5.41) is 2.97. The number of ether oxygens (including phenoxy) is 1. The topological polar surface area (TPSA) is 71.2 Å². The van der Waals surface area contributed by atoms with Crippen molar-refractivity contribution in [1.29, 1.82) is 0 Å². The highest BCUT2D eigenvalue weighted by Gasteiger charge is 2.22. The Balaban J connectivity index is 1.80. The molecule has 1 aromatic heterocycles. The van der Waals surface area contributed by atoms with E-state index in [9.17, 15) is 9.59 Å². The summed E-state index contributed by atoms with van der Waals surface area (Å²) in [6, 6.07) is 10.5. The van der Waals surface area contributed by atoms with E-state index in [1.165, 1.54) is 18.3 Å². The third-order valence-corrected chi connectivity index (χ3v) is 3.31. The molecule has 3 rings (SSSR count). The zero-order chi connectivity index (χ0) is 13.9. The van der Waals surface area contributed by atoms with Crippen LogP contribution in [0.3, 0.4) is 0 Å². The predicted octanol–water partition coefficient (Wildman–Crippen LogP) is 1.63. The van der Waals surface area contributed by atoms with E-state index in [1.807, 2.05) is 24.3 Å². The summed E-state index contributed by atoms with van der Waals surface area (Å²) in [6.45, 7) is 0.577. The van der Waals surface area contributed by atoms with Crippen molar-refractivity contribution in [3.8, 4) is 5.75 Å². The molecule has 2 N–H and O–H groups in total. The van der Waals surface area contributed by atoms with E-state index in [0.717, 1.165) is 17.7 Å². The number of para-hydroxylation sites is 1. The Bertz CT molecular complexity index is 673. The van der Waals surface area contributed by atoms with E-state index in [-0.39, 0.29) is 17.5 Å². The second-order valence-electron chi connectivity index (χ2n) is 4.64. The van der Waals surface area contributed by atoms with E-state index in [2.05, 4.69) is 10.3 Å². The van der Waals surface area contributed by atoms with Gasteiger partial charge in [-0.2, -0.15) is 0 Å². The first-order chi connectivity index (χ1) is 9.74. The lowest BCUT2D eigenvalue weighted by Gasteiger charge is -2.26. The number of carbonyl (C=O) groups is 1. The number of pyridine rings is 1. The molecule has 102 valence electrons. The maximum absolute atomic E-state index is 12.2. The summed E-state index contributed by atoms with van der Waals surface area (Å²) < 4.78 is 5.56. The van der Waals surface area contributed by atoms with Gasteiger partial charge in [-0.05, 0) is 12.1 Å². The molecule has 0 aliphatic carbocycles. The molecule has 0 saturated heterocycles. The number of carbonyl (C=O) groups excluding carboxylic acids is 1. The summed E-state index contributed by atoms with van der Waals surface area (Å²) in [4.78, 5) is 25.7. The van der Waals surface area contributed by atoms with Gasteiger partial charge in [-0.25, -0.2) is 0 Å². The molecule has 2 aromatic rings. The molecule has 1 amide bonds. The summed E-state index contributed by atoms with van der Waals surface area (Å²) in [5.74, 6) is 0.605. The van der Waals surface area contributed by atoms with Crippen molar-refractivity contribution in [1.82, 2.24) is 10.3 Å². The van der Waals surface area contributed by atoms with Crippen LogP contribution in [0.2, 0.25) is 0 Å². The molecule has 0 fully saturated rings. The van der Waals surface area contributed by atoms with Crippen molar-refractivity contribution in [2.75, 3.05) is 6.61 Å². The van der Waals surface area contributed by atoms with Gasteiger partial charge in [0, 0.05) is 24.2 Å². The molecule has 0 spiro atoms. The second kappa shape index (κ2) is 5.21. The number of hydrogen-bond donors (Lipinski definition) is 2. The number of fused-ring (bicyclic) bond motifs is 1. The molecule has 20 heavy (non-hydrogen) atoms. The summed E-state index contributed by atoms with van der Waals surface area (Å²) in [5.41, 5.74) is 1.20. The minimum atomic E-state index is -0.224. The molecule has 1 aliphatic rings. The fourth-order valence-corrected chi connectivity index (χ4v) is 2.29. The standard InChI is InChI=1S/C15H14N2O3/c18-14-6-5-10(9-16-14)15(19)17-12-7-8-20-13-4-2-1-3-11(12)13/h1-6,9,12H,7-8H2,(H,16,18)(H,17,19)/t12-/m1/s1. The number of nitrogens with one attached hydrogen (secondary N) is 2. The third kappa shape index (κ3) is 2.42. The van der Waals surface area contributed by atoms with E-state index >= 15 is 0 Å². The Morgan fingerprint density at radius 1 is 1.25 bits per heavy atom. The summed E-state index contributed by atoms with van der Waals surface area (Å²) >= 11 is 0. The van der Waals surface area contributed by atoms with Crippen LogP contribution in [0, 0.1) is 0 Å². The van der Waals surface area contributed by atoms with Crippen LogP contribution in [0.4, 0.5) is 0 Å². The molecular formula is C15H14N2O3. The number of hydrogen-bond acceptors (Lipinski definition) is 3. The average Bonchev–Trinajstić information content (AvgIpc) is 2.48. The lowest BCUT2D eigenvalue weighted by Crippen LogP contribution is -2.32. The first-order valence-electron chi connectivity index (χ1n) is 6.45. The maximum Gasteiger partial charge on any atom is 0.253 e. The van der Waals surface area contributed by atoms with E-state index in [0.29, 0.717) is 12.2 Å².